The summed E-state index contributed by atoms with van der Waals surface area (Å²) in [5.41, 5.74) is 0.617. The van der Waals surface area contributed by atoms with Crippen LogP contribution in [-0.4, -0.2) is 32.9 Å². The predicted molar refractivity (Wildman–Crippen MR) is 51.5 cm³/mol. The Bertz CT molecular complexity index is 506. The molecular formula is C9H9N3O3. The Kier molecular flexibility index (Phi) is 2.24. The van der Waals surface area contributed by atoms with E-state index in [-0.39, 0.29) is 18.1 Å². The van der Waals surface area contributed by atoms with Crippen molar-refractivity contribution >= 4 is 17.0 Å². The van der Waals surface area contributed by atoms with E-state index in [4.69, 9.17) is 4.74 Å². The largest absolute Gasteiger partial charge is 0.493 e. The maximum Gasteiger partial charge on any atom is 0.339 e. The van der Waals surface area contributed by atoms with Crippen LogP contribution in [0, 0.1) is 0 Å². The van der Waals surface area contributed by atoms with Gasteiger partial charge in [-0.25, -0.2) is 4.79 Å². The second-order valence-corrected chi connectivity index (χ2v) is 2.88. The number of carbonyl (C=O) groups is 1. The molecular weight excluding hydrogens is 198 g/mol. The van der Waals surface area contributed by atoms with Crippen molar-refractivity contribution in [3.63, 3.8) is 0 Å². The normalized spacial score (nSPS) is 10.5. The standard InChI is InChI=1S/C9H9N3O3/c1-2-15-9(14)5-3-7(13)11-8-6(5)4-10-12-8/h3-4H,2H2,1H3,(H2,10,11,12,13). The van der Waals surface area contributed by atoms with Crippen molar-refractivity contribution in [3.8, 4) is 5.88 Å². The Labute approximate surface area is 84.9 Å². The molecule has 0 aliphatic heterocycles. The molecule has 0 amide bonds. The lowest BCUT2D eigenvalue weighted by atomic mass is 10.2. The molecule has 78 valence electrons. The molecule has 0 bridgehead atoms. The molecule has 6 nitrogen and oxygen atoms in total. The van der Waals surface area contributed by atoms with Crippen molar-refractivity contribution in [2.45, 2.75) is 6.92 Å². The number of aromatic nitrogens is 3. The molecule has 0 fully saturated rings. The number of pyridine rings is 1. The lowest BCUT2D eigenvalue weighted by molar-refractivity contribution is 0.0528. The van der Waals surface area contributed by atoms with Crippen molar-refractivity contribution in [3.05, 3.63) is 17.8 Å². The summed E-state index contributed by atoms with van der Waals surface area (Å²) in [7, 11) is 0. The number of esters is 1. The van der Waals surface area contributed by atoms with E-state index in [1.165, 1.54) is 12.3 Å². The lowest BCUT2D eigenvalue weighted by Gasteiger charge is -2.02. The number of aromatic amines is 1. The fourth-order valence-corrected chi connectivity index (χ4v) is 1.29. The second-order valence-electron chi connectivity index (χ2n) is 2.88. The van der Waals surface area contributed by atoms with Crippen LogP contribution >= 0.6 is 0 Å². The zero-order chi connectivity index (χ0) is 10.8. The lowest BCUT2D eigenvalue weighted by Crippen LogP contribution is -2.05. The smallest absolute Gasteiger partial charge is 0.339 e. The van der Waals surface area contributed by atoms with Crippen LogP contribution in [0.3, 0.4) is 0 Å². The summed E-state index contributed by atoms with van der Waals surface area (Å²) in [5, 5.41) is 16.1. The van der Waals surface area contributed by atoms with E-state index in [0.29, 0.717) is 11.0 Å². The monoisotopic (exact) mass is 207 g/mol. The first-order valence-corrected chi connectivity index (χ1v) is 4.42. The zero-order valence-corrected chi connectivity index (χ0v) is 8.02. The number of hydrogen-bond acceptors (Lipinski definition) is 5. The summed E-state index contributed by atoms with van der Waals surface area (Å²) in [6, 6.07) is 1.26. The van der Waals surface area contributed by atoms with Crippen molar-refractivity contribution in [1.29, 1.82) is 0 Å². The molecule has 2 rings (SSSR count). The van der Waals surface area contributed by atoms with Crippen LogP contribution in [-0.2, 0) is 4.74 Å². The maximum absolute atomic E-state index is 11.5. The van der Waals surface area contributed by atoms with E-state index in [1.54, 1.807) is 6.92 Å². The third kappa shape index (κ3) is 1.61. The molecule has 0 saturated heterocycles. The van der Waals surface area contributed by atoms with Crippen LogP contribution in [0.15, 0.2) is 12.3 Å². The van der Waals surface area contributed by atoms with Gasteiger partial charge in [0.2, 0.25) is 5.88 Å². The minimum atomic E-state index is -0.499. The van der Waals surface area contributed by atoms with Gasteiger partial charge >= 0.3 is 5.97 Å². The number of nitrogens with zero attached hydrogens (tertiary/aromatic N) is 2. The highest BCUT2D eigenvalue weighted by atomic mass is 16.5. The molecule has 6 heteroatoms. The molecule has 2 N–H and O–H groups in total. The van der Waals surface area contributed by atoms with E-state index in [9.17, 15) is 9.90 Å². The number of rotatable bonds is 2. The molecule has 0 spiro atoms. The highest BCUT2D eigenvalue weighted by Gasteiger charge is 2.14. The summed E-state index contributed by atoms with van der Waals surface area (Å²) < 4.78 is 4.84. The number of nitrogens with one attached hydrogen (secondary N) is 1. The molecule has 0 aromatic carbocycles. The van der Waals surface area contributed by atoms with Crippen molar-refractivity contribution in [2.24, 2.45) is 0 Å². The highest BCUT2D eigenvalue weighted by Crippen LogP contribution is 2.19. The van der Waals surface area contributed by atoms with Gasteiger partial charge in [-0.15, -0.1) is 0 Å². The third-order valence-corrected chi connectivity index (χ3v) is 1.90. The van der Waals surface area contributed by atoms with Crippen LogP contribution in [0.25, 0.3) is 11.0 Å². The minimum absolute atomic E-state index is 0.241. The summed E-state index contributed by atoms with van der Waals surface area (Å²) >= 11 is 0. The van der Waals surface area contributed by atoms with Gasteiger partial charge in [-0.05, 0) is 6.92 Å². The summed E-state index contributed by atoms with van der Waals surface area (Å²) in [5.74, 6) is -0.739. The van der Waals surface area contributed by atoms with Gasteiger partial charge in [0.25, 0.3) is 0 Å². The Morgan fingerprint density at radius 2 is 2.47 bits per heavy atom. The number of aromatic hydroxyl groups is 1. The summed E-state index contributed by atoms with van der Waals surface area (Å²) in [4.78, 5) is 15.3. The maximum atomic E-state index is 11.5. The molecule has 0 unspecified atom stereocenters. The third-order valence-electron chi connectivity index (χ3n) is 1.90. The van der Waals surface area contributed by atoms with Crippen molar-refractivity contribution in [1.82, 2.24) is 15.2 Å². The molecule has 2 aromatic rings. The van der Waals surface area contributed by atoms with Crippen LogP contribution in [0.1, 0.15) is 17.3 Å². The molecule has 0 aliphatic carbocycles. The quantitative estimate of drug-likeness (QED) is 0.712. The predicted octanol–water partition coefficient (Wildman–Crippen LogP) is 0.840. The van der Waals surface area contributed by atoms with Gasteiger partial charge < -0.3 is 9.84 Å². The minimum Gasteiger partial charge on any atom is -0.493 e. The van der Waals surface area contributed by atoms with E-state index in [2.05, 4.69) is 15.2 Å². The number of carbonyl (C=O) groups excluding carboxylic acids is 1. The average Bonchev–Trinajstić information content (AvgIpc) is 2.64. The molecule has 2 aromatic heterocycles. The first kappa shape index (κ1) is 9.45. The van der Waals surface area contributed by atoms with E-state index in [1.807, 2.05) is 0 Å². The molecule has 0 aliphatic rings. The van der Waals surface area contributed by atoms with Crippen LogP contribution < -0.4 is 0 Å². The Hall–Kier alpha value is -2.11. The molecule has 15 heavy (non-hydrogen) atoms. The van der Waals surface area contributed by atoms with Crippen LogP contribution in [0.5, 0.6) is 5.88 Å². The highest BCUT2D eigenvalue weighted by molar-refractivity contribution is 6.02. The van der Waals surface area contributed by atoms with E-state index >= 15 is 0 Å². The van der Waals surface area contributed by atoms with E-state index in [0.717, 1.165) is 0 Å². The van der Waals surface area contributed by atoms with Gasteiger partial charge in [-0.1, -0.05) is 0 Å². The zero-order valence-electron chi connectivity index (χ0n) is 8.02. The molecule has 0 atom stereocenters. The summed E-state index contributed by atoms with van der Waals surface area (Å²) in [6.07, 6.45) is 1.47. The fraction of sp³-hybridized carbons (Fsp3) is 0.222. The van der Waals surface area contributed by atoms with Gasteiger partial charge in [0, 0.05) is 6.07 Å². The Morgan fingerprint density at radius 3 is 3.20 bits per heavy atom. The molecule has 0 radical (unpaired) electrons. The molecule has 2 heterocycles. The van der Waals surface area contributed by atoms with Gasteiger partial charge in [0.15, 0.2) is 5.65 Å². The van der Waals surface area contributed by atoms with Gasteiger partial charge in [0.05, 0.1) is 23.8 Å². The summed E-state index contributed by atoms with van der Waals surface area (Å²) in [6.45, 7) is 1.99. The number of ether oxygens (including phenoxy) is 1. The van der Waals surface area contributed by atoms with Crippen molar-refractivity contribution in [2.75, 3.05) is 6.61 Å². The SMILES string of the molecule is CCOC(=O)c1cc(O)nc2[nH]ncc12. The van der Waals surface area contributed by atoms with E-state index < -0.39 is 5.97 Å². The van der Waals surface area contributed by atoms with Gasteiger partial charge in [-0.2, -0.15) is 10.1 Å². The van der Waals surface area contributed by atoms with Crippen LogP contribution in [0.2, 0.25) is 0 Å². The first-order chi connectivity index (χ1) is 7.22. The van der Waals surface area contributed by atoms with Gasteiger partial charge in [0.1, 0.15) is 0 Å². The fourth-order valence-electron chi connectivity index (χ4n) is 1.29. The second kappa shape index (κ2) is 3.56. The Balaban J connectivity index is 2.57. The number of fused-ring (bicyclic) bond motifs is 1. The first-order valence-electron chi connectivity index (χ1n) is 4.42. The molecule has 0 saturated carbocycles. The van der Waals surface area contributed by atoms with Gasteiger partial charge in [-0.3, -0.25) is 5.10 Å². The average molecular weight is 207 g/mol. The Morgan fingerprint density at radius 1 is 1.67 bits per heavy atom. The number of H-pyrrole nitrogens is 1. The topological polar surface area (TPSA) is 88.1 Å². The van der Waals surface area contributed by atoms with Crippen molar-refractivity contribution < 1.29 is 14.6 Å². The number of hydrogen-bond donors (Lipinski definition) is 2. The van der Waals surface area contributed by atoms with Crippen LogP contribution in [0.4, 0.5) is 0 Å².